The van der Waals surface area contributed by atoms with Crippen LogP contribution in [0.25, 0.3) is 0 Å². The van der Waals surface area contributed by atoms with Crippen molar-refractivity contribution in [2.75, 3.05) is 6.54 Å². The molecule has 0 aromatic carbocycles. The van der Waals surface area contributed by atoms with Crippen LogP contribution in [0, 0.1) is 12.8 Å². The van der Waals surface area contributed by atoms with Crippen LogP contribution in [0.5, 0.6) is 0 Å². The van der Waals surface area contributed by atoms with Crippen LogP contribution in [0.15, 0.2) is 12.1 Å². The highest BCUT2D eigenvalue weighted by Gasteiger charge is 2.12. The summed E-state index contributed by atoms with van der Waals surface area (Å²) in [5.41, 5.74) is 5.64. The summed E-state index contributed by atoms with van der Waals surface area (Å²) < 4.78 is 0. The van der Waals surface area contributed by atoms with Gasteiger partial charge < -0.3 is 11.1 Å². The summed E-state index contributed by atoms with van der Waals surface area (Å²) in [5, 5.41) is 3.11. The number of carbonyl (C=O) groups is 1. The lowest BCUT2D eigenvalue weighted by Crippen LogP contribution is -2.34. The molecule has 21 heavy (non-hydrogen) atoms. The van der Waals surface area contributed by atoms with Crippen molar-refractivity contribution >= 4 is 17.2 Å². The minimum atomic E-state index is 0.175. The number of carbonyl (C=O) groups excluding carboxylic acids is 1. The maximum absolute atomic E-state index is 12.0. The Morgan fingerprint density at radius 2 is 2.10 bits per heavy atom. The Kier molecular flexibility index (Phi) is 8.62. The van der Waals surface area contributed by atoms with Crippen LogP contribution in [0.1, 0.15) is 55.7 Å². The van der Waals surface area contributed by atoms with Gasteiger partial charge in [-0.05, 0) is 51.3 Å². The second kappa shape index (κ2) is 9.96. The van der Waals surface area contributed by atoms with Gasteiger partial charge in [-0.15, -0.1) is 11.3 Å². The van der Waals surface area contributed by atoms with E-state index in [0.29, 0.717) is 12.3 Å². The molecule has 2 unspecified atom stereocenters. The van der Waals surface area contributed by atoms with Crippen LogP contribution in [0.3, 0.4) is 0 Å². The summed E-state index contributed by atoms with van der Waals surface area (Å²) in [4.78, 5) is 14.7. The zero-order valence-corrected chi connectivity index (χ0v) is 14.5. The van der Waals surface area contributed by atoms with E-state index >= 15 is 0 Å². The molecule has 0 aliphatic rings. The maximum Gasteiger partial charge on any atom is 0.220 e. The SMILES string of the molecule is CCCC(CCN)CCC(=O)NC(C)Cc1ccc(C)s1. The van der Waals surface area contributed by atoms with Crippen molar-refractivity contribution in [3.8, 4) is 0 Å². The van der Waals surface area contributed by atoms with Crippen molar-refractivity contribution in [1.29, 1.82) is 0 Å². The molecule has 0 radical (unpaired) electrons. The van der Waals surface area contributed by atoms with Gasteiger partial charge in [0.1, 0.15) is 0 Å². The van der Waals surface area contributed by atoms with E-state index in [1.165, 1.54) is 22.6 Å². The van der Waals surface area contributed by atoms with Gasteiger partial charge in [0.15, 0.2) is 0 Å². The quantitative estimate of drug-likeness (QED) is 0.693. The lowest BCUT2D eigenvalue weighted by atomic mass is 9.94. The highest BCUT2D eigenvalue weighted by Crippen LogP contribution is 2.18. The molecule has 0 spiro atoms. The number of thiophene rings is 1. The third-order valence-corrected chi connectivity index (χ3v) is 4.79. The summed E-state index contributed by atoms with van der Waals surface area (Å²) in [6.45, 7) is 7.11. The molecular formula is C17H30N2OS. The van der Waals surface area contributed by atoms with Crippen molar-refractivity contribution in [1.82, 2.24) is 5.32 Å². The summed E-state index contributed by atoms with van der Waals surface area (Å²) in [6.07, 6.45) is 5.88. The minimum Gasteiger partial charge on any atom is -0.353 e. The molecule has 0 saturated carbocycles. The second-order valence-electron chi connectivity index (χ2n) is 5.96. The Morgan fingerprint density at radius 1 is 1.33 bits per heavy atom. The van der Waals surface area contributed by atoms with Gasteiger partial charge in [-0.25, -0.2) is 0 Å². The van der Waals surface area contributed by atoms with E-state index in [1.54, 1.807) is 0 Å². The Balaban J connectivity index is 2.28. The lowest BCUT2D eigenvalue weighted by molar-refractivity contribution is -0.122. The van der Waals surface area contributed by atoms with Crippen molar-refractivity contribution in [2.45, 2.75) is 65.3 Å². The van der Waals surface area contributed by atoms with E-state index in [2.05, 4.69) is 38.2 Å². The van der Waals surface area contributed by atoms with E-state index in [1.807, 2.05) is 11.3 Å². The summed E-state index contributed by atoms with van der Waals surface area (Å²) in [5.74, 6) is 0.773. The van der Waals surface area contributed by atoms with E-state index in [0.717, 1.165) is 25.8 Å². The number of aryl methyl sites for hydroxylation is 1. The van der Waals surface area contributed by atoms with Crippen LogP contribution in [-0.2, 0) is 11.2 Å². The molecule has 0 bridgehead atoms. The molecule has 120 valence electrons. The third kappa shape index (κ3) is 7.63. The molecular weight excluding hydrogens is 280 g/mol. The van der Waals surface area contributed by atoms with Gasteiger partial charge >= 0.3 is 0 Å². The standard InChI is InChI=1S/C17H30N2OS/c1-4-5-15(10-11-18)7-9-17(20)19-13(2)12-16-8-6-14(3)21-16/h6,8,13,15H,4-5,7,9-12,18H2,1-3H3,(H,19,20). The second-order valence-corrected chi connectivity index (χ2v) is 7.33. The molecule has 0 aliphatic heterocycles. The Labute approximate surface area is 133 Å². The molecule has 2 atom stereocenters. The monoisotopic (exact) mass is 310 g/mol. The predicted octanol–water partition coefficient (Wildman–Crippen LogP) is 3.65. The molecule has 3 nitrogen and oxygen atoms in total. The molecule has 1 rings (SSSR count). The van der Waals surface area contributed by atoms with Crippen LogP contribution in [0.2, 0.25) is 0 Å². The van der Waals surface area contributed by atoms with Gasteiger partial charge in [0.25, 0.3) is 0 Å². The first-order valence-corrected chi connectivity index (χ1v) is 8.91. The Hall–Kier alpha value is -0.870. The van der Waals surface area contributed by atoms with E-state index in [9.17, 15) is 4.79 Å². The Morgan fingerprint density at radius 3 is 2.67 bits per heavy atom. The first-order valence-electron chi connectivity index (χ1n) is 8.09. The molecule has 1 heterocycles. The van der Waals surface area contributed by atoms with Gasteiger partial charge in [-0.2, -0.15) is 0 Å². The van der Waals surface area contributed by atoms with Gasteiger partial charge in [0, 0.05) is 28.6 Å². The fraction of sp³-hybridized carbons (Fsp3) is 0.706. The lowest BCUT2D eigenvalue weighted by Gasteiger charge is -2.17. The van der Waals surface area contributed by atoms with Gasteiger partial charge in [-0.1, -0.05) is 19.8 Å². The molecule has 0 fully saturated rings. The van der Waals surface area contributed by atoms with Crippen LogP contribution >= 0.6 is 11.3 Å². The number of rotatable bonds is 10. The Bertz CT molecular complexity index is 411. The zero-order valence-electron chi connectivity index (χ0n) is 13.7. The number of nitrogens with one attached hydrogen (secondary N) is 1. The van der Waals surface area contributed by atoms with E-state index in [-0.39, 0.29) is 11.9 Å². The van der Waals surface area contributed by atoms with Crippen LogP contribution in [0.4, 0.5) is 0 Å². The topological polar surface area (TPSA) is 55.1 Å². The van der Waals surface area contributed by atoms with Gasteiger partial charge in [0.05, 0.1) is 0 Å². The molecule has 1 aromatic rings. The molecule has 1 amide bonds. The average molecular weight is 311 g/mol. The zero-order chi connectivity index (χ0) is 15.7. The smallest absolute Gasteiger partial charge is 0.220 e. The first-order chi connectivity index (χ1) is 10.0. The summed E-state index contributed by atoms with van der Waals surface area (Å²) >= 11 is 1.81. The third-order valence-electron chi connectivity index (χ3n) is 3.76. The predicted molar refractivity (Wildman–Crippen MR) is 91.7 cm³/mol. The summed E-state index contributed by atoms with van der Waals surface area (Å²) in [6, 6.07) is 4.49. The maximum atomic E-state index is 12.0. The molecule has 4 heteroatoms. The highest BCUT2D eigenvalue weighted by atomic mass is 32.1. The van der Waals surface area contributed by atoms with Crippen molar-refractivity contribution in [3.05, 3.63) is 21.9 Å². The van der Waals surface area contributed by atoms with Gasteiger partial charge in [0.2, 0.25) is 5.91 Å². The normalized spacial score (nSPS) is 13.9. The highest BCUT2D eigenvalue weighted by molar-refractivity contribution is 7.11. The fourth-order valence-electron chi connectivity index (χ4n) is 2.71. The number of hydrogen-bond donors (Lipinski definition) is 2. The van der Waals surface area contributed by atoms with Crippen molar-refractivity contribution in [2.24, 2.45) is 11.7 Å². The average Bonchev–Trinajstić information content (AvgIpc) is 2.81. The van der Waals surface area contributed by atoms with Gasteiger partial charge in [-0.3, -0.25) is 4.79 Å². The molecule has 3 N–H and O–H groups in total. The largest absolute Gasteiger partial charge is 0.353 e. The molecule has 1 aromatic heterocycles. The van der Waals surface area contributed by atoms with Crippen LogP contribution < -0.4 is 11.1 Å². The minimum absolute atomic E-state index is 0.175. The van der Waals surface area contributed by atoms with Crippen LogP contribution in [-0.4, -0.2) is 18.5 Å². The summed E-state index contributed by atoms with van der Waals surface area (Å²) in [7, 11) is 0. The fourth-order valence-corrected chi connectivity index (χ4v) is 3.73. The van der Waals surface area contributed by atoms with Crippen molar-refractivity contribution in [3.63, 3.8) is 0 Å². The number of amides is 1. The number of nitrogens with two attached hydrogens (primary N) is 1. The molecule has 0 aliphatic carbocycles. The molecule has 0 saturated heterocycles. The number of hydrogen-bond acceptors (Lipinski definition) is 3. The van der Waals surface area contributed by atoms with E-state index < -0.39 is 0 Å². The first kappa shape index (κ1) is 18.2. The van der Waals surface area contributed by atoms with E-state index in [4.69, 9.17) is 5.73 Å². The van der Waals surface area contributed by atoms with Crippen molar-refractivity contribution < 1.29 is 4.79 Å².